The molecule has 3 aromatic carbocycles. The number of piperidine rings is 1. The van der Waals surface area contributed by atoms with E-state index in [4.69, 9.17) is 9.47 Å². The number of carbonyl (C=O) groups is 1. The zero-order chi connectivity index (χ0) is 25.8. The molecule has 0 radical (unpaired) electrons. The van der Waals surface area contributed by atoms with E-state index >= 15 is 0 Å². The molecule has 1 aliphatic rings. The molecule has 37 heavy (non-hydrogen) atoms. The third-order valence-electron chi connectivity index (χ3n) is 7.65. The molecular weight excluding hydrogens is 482 g/mol. The molecule has 0 aromatic heterocycles. The number of nitrogens with zero attached hydrogens (tertiary/aromatic N) is 1. The van der Waals surface area contributed by atoms with Gasteiger partial charge in [0.25, 0.3) is 0 Å². The molecular formula is C32H40ClNO3. The van der Waals surface area contributed by atoms with Crippen LogP contribution in [-0.2, 0) is 22.6 Å². The van der Waals surface area contributed by atoms with Crippen molar-refractivity contribution < 1.29 is 14.3 Å². The Kier molecular flexibility index (Phi) is 9.44. The van der Waals surface area contributed by atoms with Crippen LogP contribution in [0.4, 0.5) is 0 Å². The monoisotopic (exact) mass is 521 g/mol. The van der Waals surface area contributed by atoms with Gasteiger partial charge >= 0.3 is 5.97 Å². The Bertz CT molecular complexity index is 1110. The van der Waals surface area contributed by atoms with Crippen molar-refractivity contribution in [3.63, 3.8) is 0 Å². The molecule has 0 bridgehead atoms. The van der Waals surface area contributed by atoms with E-state index in [2.05, 4.69) is 51.8 Å². The van der Waals surface area contributed by atoms with E-state index in [-0.39, 0.29) is 41.5 Å². The first-order valence-electron chi connectivity index (χ1n) is 12.9. The van der Waals surface area contributed by atoms with Crippen molar-refractivity contribution in [1.82, 2.24) is 4.90 Å². The fourth-order valence-electron chi connectivity index (χ4n) is 5.33. The van der Waals surface area contributed by atoms with Crippen LogP contribution < -0.4 is 4.74 Å². The lowest BCUT2D eigenvalue weighted by Crippen LogP contribution is -2.60. The highest BCUT2D eigenvalue weighted by atomic mass is 35.5. The number of carbonyl (C=O) groups excluding carboxylic acids is 1. The summed E-state index contributed by atoms with van der Waals surface area (Å²) in [4.78, 5) is 16.0. The number of ether oxygens (including phenoxy) is 2. The summed E-state index contributed by atoms with van der Waals surface area (Å²) in [5.74, 6) is 0.317. The maximum absolute atomic E-state index is 13.6. The van der Waals surface area contributed by atoms with Crippen LogP contribution in [0.5, 0.6) is 5.75 Å². The van der Waals surface area contributed by atoms with Crippen LogP contribution in [0.15, 0.2) is 84.9 Å². The SMILES string of the molecule is CN1C(C)(C)CC(OC(=O)C(Cc2ccc(OCc3ccccc3)cc2)c2ccccc2)CC1(C)C.Cl. The molecule has 1 unspecified atom stereocenters. The second-order valence-electron chi connectivity index (χ2n) is 11.2. The summed E-state index contributed by atoms with van der Waals surface area (Å²) in [7, 11) is 2.16. The van der Waals surface area contributed by atoms with Crippen LogP contribution in [0.1, 0.15) is 63.1 Å². The van der Waals surface area contributed by atoms with Gasteiger partial charge in [0.1, 0.15) is 18.5 Å². The van der Waals surface area contributed by atoms with Crippen molar-refractivity contribution in [2.45, 2.75) is 76.7 Å². The summed E-state index contributed by atoms with van der Waals surface area (Å²) in [5, 5.41) is 0. The fraction of sp³-hybridized carbons (Fsp3) is 0.406. The summed E-state index contributed by atoms with van der Waals surface area (Å²) < 4.78 is 12.2. The number of hydrogen-bond donors (Lipinski definition) is 0. The molecule has 0 aliphatic carbocycles. The van der Waals surface area contributed by atoms with E-state index in [0.29, 0.717) is 13.0 Å². The molecule has 0 spiro atoms. The molecule has 0 N–H and O–H groups in total. The van der Waals surface area contributed by atoms with E-state index in [9.17, 15) is 4.79 Å². The minimum Gasteiger partial charge on any atom is -0.489 e. The third kappa shape index (κ3) is 7.37. The highest BCUT2D eigenvalue weighted by Gasteiger charge is 2.44. The van der Waals surface area contributed by atoms with Crippen molar-refractivity contribution in [1.29, 1.82) is 0 Å². The molecule has 5 heteroatoms. The van der Waals surface area contributed by atoms with Crippen molar-refractivity contribution in [3.05, 3.63) is 102 Å². The van der Waals surface area contributed by atoms with Gasteiger partial charge in [0.05, 0.1) is 5.92 Å². The largest absolute Gasteiger partial charge is 0.489 e. The predicted molar refractivity (Wildman–Crippen MR) is 152 cm³/mol. The quantitative estimate of drug-likeness (QED) is 0.293. The van der Waals surface area contributed by atoms with E-state index in [0.717, 1.165) is 35.3 Å². The van der Waals surface area contributed by atoms with Gasteiger partial charge in [-0.25, -0.2) is 0 Å². The van der Waals surface area contributed by atoms with Crippen molar-refractivity contribution >= 4 is 18.4 Å². The molecule has 0 saturated carbocycles. The maximum atomic E-state index is 13.6. The van der Waals surface area contributed by atoms with Gasteiger partial charge in [0.2, 0.25) is 0 Å². The van der Waals surface area contributed by atoms with Crippen molar-refractivity contribution in [3.8, 4) is 5.75 Å². The van der Waals surface area contributed by atoms with Crippen LogP contribution in [0, 0.1) is 0 Å². The Hall–Kier alpha value is -2.82. The van der Waals surface area contributed by atoms with E-state index < -0.39 is 0 Å². The second-order valence-corrected chi connectivity index (χ2v) is 11.2. The van der Waals surface area contributed by atoms with Gasteiger partial charge in [-0.05, 0) is 70.0 Å². The summed E-state index contributed by atoms with van der Waals surface area (Å²) in [6, 6.07) is 28.2. The van der Waals surface area contributed by atoms with Crippen LogP contribution in [0.3, 0.4) is 0 Å². The Morgan fingerprint density at radius 2 is 1.38 bits per heavy atom. The Morgan fingerprint density at radius 3 is 1.95 bits per heavy atom. The number of likely N-dealkylation sites (tertiary alicyclic amines) is 1. The third-order valence-corrected chi connectivity index (χ3v) is 7.65. The first-order chi connectivity index (χ1) is 17.1. The molecule has 1 saturated heterocycles. The van der Waals surface area contributed by atoms with Crippen LogP contribution in [0.2, 0.25) is 0 Å². The Morgan fingerprint density at radius 1 is 0.838 bits per heavy atom. The number of esters is 1. The zero-order valence-corrected chi connectivity index (χ0v) is 23.5. The van der Waals surface area contributed by atoms with Crippen molar-refractivity contribution in [2.75, 3.05) is 7.05 Å². The van der Waals surface area contributed by atoms with E-state index in [1.165, 1.54) is 0 Å². The predicted octanol–water partition coefficient (Wildman–Crippen LogP) is 7.21. The highest BCUT2D eigenvalue weighted by molar-refractivity contribution is 5.85. The molecule has 198 valence electrons. The van der Waals surface area contributed by atoms with Crippen LogP contribution in [0.25, 0.3) is 0 Å². The molecule has 0 amide bonds. The highest BCUT2D eigenvalue weighted by Crippen LogP contribution is 2.39. The molecule has 4 nitrogen and oxygen atoms in total. The number of hydrogen-bond acceptors (Lipinski definition) is 4. The summed E-state index contributed by atoms with van der Waals surface area (Å²) in [6.07, 6.45) is 2.14. The molecule has 1 atom stereocenters. The number of rotatable bonds is 8. The second kappa shape index (κ2) is 12.1. The standard InChI is InChI=1S/C32H39NO3.ClH/c1-31(2)21-28(22-32(3,4)33(31)5)36-30(34)29(26-14-10-7-11-15-26)20-24-16-18-27(19-17-24)35-23-25-12-8-6-9-13-25;/h6-19,28-29H,20-23H2,1-5H3;1H. The van der Waals surface area contributed by atoms with E-state index in [1.54, 1.807) is 0 Å². The lowest BCUT2D eigenvalue weighted by atomic mass is 9.78. The smallest absolute Gasteiger partial charge is 0.314 e. The normalized spacial score (nSPS) is 17.9. The lowest BCUT2D eigenvalue weighted by molar-refractivity contribution is -0.160. The number of halogens is 1. The van der Waals surface area contributed by atoms with E-state index in [1.807, 2.05) is 72.8 Å². The molecule has 1 aliphatic heterocycles. The zero-order valence-electron chi connectivity index (χ0n) is 22.6. The molecule has 4 rings (SSSR count). The minimum absolute atomic E-state index is 0. The van der Waals surface area contributed by atoms with Crippen molar-refractivity contribution in [2.24, 2.45) is 0 Å². The Labute approximate surface area is 228 Å². The topological polar surface area (TPSA) is 38.8 Å². The van der Waals surface area contributed by atoms with Gasteiger partial charge in [-0.3, -0.25) is 9.69 Å². The average Bonchev–Trinajstić information content (AvgIpc) is 2.86. The first-order valence-corrected chi connectivity index (χ1v) is 12.9. The van der Waals surface area contributed by atoms with Gasteiger partial charge in [0, 0.05) is 23.9 Å². The minimum atomic E-state index is -0.354. The van der Waals surface area contributed by atoms with Gasteiger partial charge in [-0.1, -0.05) is 72.8 Å². The fourth-order valence-corrected chi connectivity index (χ4v) is 5.33. The summed E-state index contributed by atoms with van der Waals surface area (Å²) >= 11 is 0. The molecule has 1 heterocycles. The summed E-state index contributed by atoms with van der Waals surface area (Å²) in [6.45, 7) is 9.44. The average molecular weight is 522 g/mol. The first kappa shape index (κ1) is 28.7. The Balaban J connectivity index is 0.00000380. The maximum Gasteiger partial charge on any atom is 0.314 e. The molecule has 1 fully saturated rings. The van der Waals surface area contributed by atoms with Gasteiger partial charge in [-0.15, -0.1) is 12.4 Å². The number of benzene rings is 3. The van der Waals surface area contributed by atoms with Crippen LogP contribution >= 0.6 is 12.4 Å². The van der Waals surface area contributed by atoms with Crippen LogP contribution in [-0.4, -0.2) is 35.1 Å². The van der Waals surface area contributed by atoms with Gasteiger partial charge in [-0.2, -0.15) is 0 Å². The summed E-state index contributed by atoms with van der Waals surface area (Å²) in [5.41, 5.74) is 3.12. The lowest BCUT2D eigenvalue weighted by Gasteiger charge is -2.53. The van der Waals surface area contributed by atoms with Gasteiger partial charge < -0.3 is 9.47 Å². The van der Waals surface area contributed by atoms with Gasteiger partial charge in [0.15, 0.2) is 0 Å². The molecule has 3 aromatic rings.